The topological polar surface area (TPSA) is 76.0 Å². The summed E-state index contributed by atoms with van der Waals surface area (Å²) in [4.78, 5) is 28.5. The second-order valence-electron chi connectivity index (χ2n) is 7.17. The number of aliphatic carboxylic acids is 1. The number of aliphatic imine (C=N–C) groups is 1. The molecule has 2 aliphatic rings. The van der Waals surface area contributed by atoms with Gasteiger partial charge < -0.3 is 9.84 Å². The Kier molecular flexibility index (Phi) is 4.52. The first-order valence-electron chi connectivity index (χ1n) is 9.20. The number of hydrogen-bond donors (Lipinski definition) is 1. The summed E-state index contributed by atoms with van der Waals surface area (Å²) < 4.78 is 5.73. The lowest BCUT2D eigenvalue weighted by Crippen LogP contribution is -2.18. The molecule has 0 bridgehead atoms. The number of Topliss-reactive ketones (excluding diaryl/α,β-unsaturated/α-hetero) is 1. The summed E-state index contributed by atoms with van der Waals surface area (Å²) >= 11 is 0. The number of carboxylic acids is 1. The first-order valence-corrected chi connectivity index (χ1v) is 9.20. The number of carbonyl (C=O) groups is 2. The smallest absolute Gasteiger partial charge is 0.303 e. The van der Waals surface area contributed by atoms with Crippen LogP contribution in [0.1, 0.15) is 45.8 Å². The number of ketones is 1. The molecule has 0 aromatic heterocycles. The second kappa shape index (κ2) is 6.99. The number of aryl methyl sites for hydroxylation is 1. The largest absolute Gasteiger partial charge is 0.493 e. The number of carboxylic acid groups (broad SMARTS) is 1. The third-order valence-corrected chi connectivity index (χ3v) is 5.31. The average molecular weight is 363 g/mol. The van der Waals surface area contributed by atoms with Gasteiger partial charge in [-0.15, -0.1) is 0 Å². The highest BCUT2D eigenvalue weighted by Crippen LogP contribution is 2.43. The molecule has 2 aromatic rings. The Bertz CT molecular complexity index is 947. The van der Waals surface area contributed by atoms with Crippen molar-refractivity contribution in [2.75, 3.05) is 6.61 Å². The number of benzene rings is 2. The minimum atomic E-state index is -0.834. The van der Waals surface area contributed by atoms with Gasteiger partial charge in [-0.25, -0.2) is 0 Å². The quantitative estimate of drug-likeness (QED) is 0.812. The molecule has 0 radical (unpaired) electrons. The highest BCUT2D eigenvalue weighted by Gasteiger charge is 2.39. The third-order valence-electron chi connectivity index (χ3n) is 5.31. The van der Waals surface area contributed by atoms with Crippen LogP contribution in [0.25, 0.3) is 0 Å². The lowest BCUT2D eigenvalue weighted by molar-refractivity contribution is -0.137. The fourth-order valence-corrected chi connectivity index (χ4v) is 3.99. The van der Waals surface area contributed by atoms with E-state index in [-0.39, 0.29) is 24.0 Å². The molecular weight excluding hydrogens is 342 g/mol. The van der Waals surface area contributed by atoms with Gasteiger partial charge in [-0.05, 0) is 42.5 Å². The molecule has 138 valence electrons. The van der Waals surface area contributed by atoms with Gasteiger partial charge in [-0.1, -0.05) is 24.3 Å². The fraction of sp³-hybridized carbons (Fsp3) is 0.318. The Labute approximate surface area is 157 Å². The zero-order chi connectivity index (χ0) is 19.0. The maximum Gasteiger partial charge on any atom is 0.303 e. The molecule has 4 rings (SSSR count). The van der Waals surface area contributed by atoms with Gasteiger partial charge in [0.05, 0.1) is 18.2 Å². The lowest BCUT2D eigenvalue weighted by atomic mass is 9.86. The van der Waals surface area contributed by atoms with Gasteiger partial charge in [0.2, 0.25) is 0 Å². The summed E-state index contributed by atoms with van der Waals surface area (Å²) in [5, 5.41) is 8.72. The molecule has 0 amide bonds. The molecule has 2 atom stereocenters. The van der Waals surface area contributed by atoms with Crippen LogP contribution in [-0.4, -0.2) is 29.7 Å². The lowest BCUT2D eigenvalue weighted by Gasteiger charge is -2.16. The van der Waals surface area contributed by atoms with E-state index < -0.39 is 5.97 Å². The van der Waals surface area contributed by atoms with Gasteiger partial charge >= 0.3 is 5.97 Å². The number of nitrogens with zero attached hydrogens (tertiary/aromatic N) is 1. The minimum Gasteiger partial charge on any atom is -0.493 e. The van der Waals surface area contributed by atoms with E-state index in [1.54, 1.807) is 6.07 Å². The zero-order valence-corrected chi connectivity index (χ0v) is 15.1. The van der Waals surface area contributed by atoms with E-state index in [1.807, 2.05) is 37.4 Å². The molecule has 0 saturated heterocycles. The number of rotatable bonds is 5. The molecular formula is C22H21NO4. The summed E-state index contributed by atoms with van der Waals surface area (Å²) in [6.07, 6.45) is 3.25. The van der Waals surface area contributed by atoms with Crippen LogP contribution < -0.4 is 4.74 Å². The molecule has 27 heavy (non-hydrogen) atoms. The van der Waals surface area contributed by atoms with E-state index >= 15 is 0 Å². The molecule has 1 aliphatic carbocycles. The fourth-order valence-electron chi connectivity index (χ4n) is 3.99. The van der Waals surface area contributed by atoms with Crippen molar-refractivity contribution in [2.24, 2.45) is 10.9 Å². The van der Waals surface area contributed by atoms with Crippen molar-refractivity contribution in [3.8, 4) is 5.75 Å². The van der Waals surface area contributed by atoms with E-state index in [9.17, 15) is 9.59 Å². The van der Waals surface area contributed by atoms with Crippen LogP contribution in [0.5, 0.6) is 5.75 Å². The maximum absolute atomic E-state index is 13.3. The Hall–Kier alpha value is -2.95. The van der Waals surface area contributed by atoms with Crippen molar-refractivity contribution in [2.45, 2.75) is 32.1 Å². The van der Waals surface area contributed by atoms with Crippen LogP contribution in [0.4, 0.5) is 5.69 Å². The molecule has 0 spiro atoms. The van der Waals surface area contributed by atoms with E-state index in [2.05, 4.69) is 11.1 Å². The normalized spacial score (nSPS) is 19.8. The Morgan fingerprint density at radius 3 is 2.93 bits per heavy atom. The van der Waals surface area contributed by atoms with Gasteiger partial charge in [-0.3, -0.25) is 14.6 Å². The number of carbonyl (C=O) groups excluding carboxylic acids is 1. The highest BCUT2D eigenvalue weighted by molar-refractivity contribution is 6.09. The molecule has 1 aliphatic heterocycles. The Morgan fingerprint density at radius 2 is 2.11 bits per heavy atom. The minimum absolute atomic E-state index is 0.0728. The van der Waals surface area contributed by atoms with Gasteiger partial charge in [0, 0.05) is 30.2 Å². The monoisotopic (exact) mass is 363 g/mol. The average Bonchev–Trinajstić information content (AvgIpc) is 2.96. The second-order valence-corrected chi connectivity index (χ2v) is 7.17. The van der Waals surface area contributed by atoms with Crippen molar-refractivity contribution in [3.63, 3.8) is 0 Å². The summed E-state index contributed by atoms with van der Waals surface area (Å²) in [5.74, 6) is -0.163. The predicted octanol–water partition coefficient (Wildman–Crippen LogP) is 4.09. The molecule has 1 N–H and O–H groups in total. The van der Waals surface area contributed by atoms with Gasteiger partial charge in [0.15, 0.2) is 5.78 Å². The standard InChI is InChI=1S/C22H21NO4/c1-13-9-17-18(11-19(13)27-8-4-7-20(24)25)23-12-15-10-14-5-2-3-6-16(14)21(15)22(17)26/h2-3,5-6,9,11-12,15,21H,4,7-8,10H2,1H3,(H,24,25)/t15-,21?/m0/s1. The number of hydrogen-bond acceptors (Lipinski definition) is 4. The summed E-state index contributed by atoms with van der Waals surface area (Å²) in [6, 6.07) is 11.8. The van der Waals surface area contributed by atoms with E-state index in [0.717, 1.165) is 17.5 Å². The van der Waals surface area contributed by atoms with Crippen molar-refractivity contribution in [1.82, 2.24) is 0 Å². The summed E-state index contributed by atoms with van der Waals surface area (Å²) in [5.41, 5.74) is 4.46. The first-order chi connectivity index (χ1) is 13.0. The highest BCUT2D eigenvalue weighted by atomic mass is 16.5. The van der Waals surface area contributed by atoms with Gasteiger partial charge in [0.1, 0.15) is 5.75 Å². The number of fused-ring (bicyclic) bond motifs is 4. The molecule has 0 saturated carbocycles. The summed E-state index contributed by atoms with van der Waals surface area (Å²) in [6.45, 7) is 2.22. The van der Waals surface area contributed by atoms with Crippen LogP contribution >= 0.6 is 0 Å². The zero-order valence-electron chi connectivity index (χ0n) is 15.1. The molecule has 5 heteroatoms. The van der Waals surface area contributed by atoms with E-state index in [0.29, 0.717) is 30.0 Å². The van der Waals surface area contributed by atoms with Crippen LogP contribution in [-0.2, 0) is 11.2 Å². The Balaban J connectivity index is 1.62. The molecule has 1 unspecified atom stereocenters. The van der Waals surface area contributed by atoms with E-state index in [4.69, 9.17) is 9.84 Å². The van der Waals surface area contributed by atoms with Crippen LogP contribution in [0.3, 0.4) is 0 Å². The Morgan fingerprint density at radius 1 is 1.30 bits per heavy atom. The van der Waals surface area contributed by atoms with Gasteiger partial charge in [0.25, 0.3) is 0 Å². The van der Waals surface area contributed by atoms with Crippen molar-refractivity contribution in [1.29, 1.82) is 0 Å². The van der Waals surface area contributed by atoms with Gasteiger partial charge in [-0.2, -0.15) is 0 Å². The van der Waals surface area contributed by atoms with E-state index in [1.165, 1.54) is 5.56 Å². The van der Waals surface area contributed by atoms with Crippen LogP contribution in [0.15, 0.2) is 41.4 Å². The molecule has 2 aromatic carbocycles. The molecule has 0 fully saturated rings. The van der Waals surface area contributed by atoms with Crippen molar-refractivity contribution < 1.29 is 19.4 Å². The molecule has 1 heterocycles. The van der Waals surface area contributed by atoms with Crippen molar-refractivity contribution >= 4 is 23.7 Å². The predicted molar refractivity (Wildman–Crippen MR) is 102 cm³/mol. The SMILES string of the molecule is Cc1cc2c(cc1OCCCC(=O)O)N=C[C@@H]1Cc3ccccc3C1C2=O. The molecule has 5 nitrogen and oxygen atoms in total. The maximum atomic E-state index is 13.3. The van der Waals surface area contributed by atoms with Crippen LogP contribution in [0.2, 0.25) is 0 Å². The third kappa shape index (κ3) is 3.25. The number of ether oxygens (including phenoxy) is 1. The van der Waals surface area contributed by atoms with Crippen molar-refractivity contribution in [3.05, 3.63) is 58.7 Å². The first kappa shape index (κ1) is 17.5. The summed E-state index contributed by atoms with van der Waals surface area (Å²) in [7, 11) is 0. The van der Waals surface area contributed by atoms with Crippen LogP contribution in [0, 0.1) is 12.8 Å².